The van der Waals surface area contributed by atoms with Crippen LogP contribution in [0.1, 0.15) is 44.1 Å². The molecule has 1 aliphatic carbocycles. The summed E-state index contributed by atoms with van der Waals surface area (Å²) in [5.74, 6) is 3.50. The number of ether oxygens (including phenoxy) is 2. The topological polar surface area (TPSA) is 67.8 Å². The smallest absolute Gasteiger partial charge is 0.226 e. The molecule has 3 fully saturated rings. The Morgan fingerprint density at radius 1 is 1.18 bits per heavy atom. The fourth-order valence-electron chi connectivity index (χ4n) is 5.98. The number of aromatic nitrogens is 2. The molecule has 38 heavy (non-hydrogen) atoms. The molecule has 9 heteroatoms. The summed E-state index contributed by atoms with van der Waals surface area (Å²) in [6.45, 7) is 4.75. The highest BCUT2D eigenvalue weighted by atomic mass is 35.5. The van der Waals surface area contributed by atoms with Crippen molar-refractivity contribution >= 4 is 23.5 Å². The van der Waals surface area contributed by atoms with E-state index in [2.05, 4.69) is 14.9 Å². The highest BCUT2D eigenvalue weighted by Gasteiger charge is 2.43. The monoisotopic (exact) mass is 544 g/mol. The number of hydrogen-bond donors (Lipinski definition) is 0. The van der Waals surface area contributed by atoms with E-state index in [9.17, 15) is 9.18 Å². The lowest BCUT2D eigenvalue weighted by molar-refractivity contribution is -0.130. The molecule has 0 N–H and O–H groups in total. The molecule has 0 unspecified atom stereocenters. The Morgan fingerprint density at radius 2 is 1.92 bits per heavy atom. The molecule has 2 aliphatic heterocycles. The maximum absolute atomic E-state index is 14.7. The van der Waals surface area contributed by atoms with Gasteiger partial charge in [0.25, 0.3) is 0 Å². The van der Waals surface area contributed by atoms with Crippen LogP contribution < -0.4 is 9.64 Å². The van der Waals surface area contributed by atoms with E-state index < -0.39 is 0 Å². The van der Waals surface area contributed by atoms with Crippen molar-refractivity contribution in [3.05, 3.63) is 47.0 Å². The highest BCUT2D eigenvalue weighted by molar-refractivity contribution is 6.30. The third-order valence-electron chi connectivity index (χ3n) is 8.43. The number of nitrogens with zero attached hydrogens (tertiary/aromatic N) is 4. The van der Waals surface area contributed by atoms with Crippen LogP contribution in [-0.4, -0.2) is 67.3 Å². The van der Waals surface area contributed by atoms with E-state index in [-0.39, 0.29) is 18.1 Å². The molecule has 2 saturated heterocycles. The minimum atomic E-state index is -0.379. The van der Waals surface area contributed by atoms with Crippen molar-refractivity contribution in [3.8, 4) is 5.75 Å². The molecular weight excluding hydrogens is 507 g/mol. The van der Waals surface area contributed by atoms with E-state index in [1.165, 1.54) is 12.5 Å². The largest absolute Gasteiger partial charge is 0.493 e. The van der Waals surface area contributed by atoms with Gasteiger partial charge in [0.1, 0.15) is 11.6 Å². The van der Waals surface area contributed by atoms with E-state index in [1.54, 1.807) is 36.5 Å². The van der Waals surface area contributed by atoms with Crippen LogP contribution in [0, 0.1) is 29.5 Å². The SMILES string of the molecule is CN(CC1CCOCC1)C(=O)Cc1ccc(OCC[C@@H]2C[C@@H]2C2CCN(c3ncc(Cl)cn3)CC2)cc1F. The van der Waals surface area contributed by atoms with Crippen LogP contribution >= 0.6 is 11.6 Å². The maximum Gasteiger partial charge on any atom is 0.226 e. The van der Waals surface area contributed by atoms with Gasteiger partial charge >= 0.3 is 0 Å². The third kappa shape index (κ3) is 7.14. The lowest BCUT2D eigenvalue weighted by atomic mass is 9.90. The van der Waals surface area contributed by atoms with Crippen LogP contribution in [0.5, 0.6) is 5.75 Å². The zero-order valence-corrected chi connectivity index (χ0v) is 22.9. The number of anilines is 1. The van der Waals surface area contributed by atoms with Gasteiger partial charge in [-0.1, -0.05) is 17.7 Å². The molecule has 1 aromatic carbocycles. The summed E-state index contributed by atoms with van der Waals surface area (Å²) in [6, 6.07) is 4.88. The lowest BCUT2D eigenvalue weighted by Crippen LogP contribution is -2.35. The van der Waals surface area contributed by atoms with Gasteiger partial charge in [-0.25, -0.2) is 14.4 Å². The molecule has 1 saturated carbocycles. The molecule has 7 nitrogen and oxygen atoms in total. The molecule has 0 spiro atoms. The summed E-state index contributed by atoms with van der Waals surface area (Å²) in [5, 5.41) is 0.560. The first-order valence-corrected chi connectivity index (χ1v) is 14.3. The second-order valence-electron chi connectivity index (χ2n) is 11.1. The Kier molecular flexibility index (Phi) is 9.00. The lowest BCUT2D eigenvalue weighted by Gasteiger charge is -2.32. The first-order chi connectivity index (χ1) is 18.5. The Balaban J connectivity index is 1.00. The van der Waals surface area contributed by atoms with Crippen molar-refractivity contribution in [1.29, 1.82) is 0 Å². The molecule has 0 bridgehead atoms. The molecule has 3 aliphatic rings. The normalized spacial score (nSPS) is 22.3. The summed E-state index contributed by atoms with van der Waals surface area (Å²) in [6.07, 6.45) is 9.87. The number of hydrogen-bond acceptors (Lipinski definition) is 6. The van der Waals surface area contributed by atoms with Crippen LogP contribution in [0.3, 0.4) is 0 Å². The summed E-state index contributed by atoms with van der Waals surface area (Å²) < 4.78 is 26.0. The second-order valence-corrected chi connectivity index (χ2v) is 11.5. The number of likely N-dealkylation sites (N-methyl/N-ethyl adjacent to an activating group) is 1. The minimum Gasteiger partial charge on any atom is -0.493 e. The predicted octanol–water partition coefficient (Wildman–Crippen LogP) is 5.02. The highest BCUT2D eigenvalue weighted by Crippen LogP contribution is 2.49. The Bertz CT molecular complexity index is 1070. The molecule has 5 rings (SSSR count). The van der Waals surface area contributed by atoms with Crippen LogP contribution in [0.15, 0.2) is 30.6 Å². The van der Waals surface area contributed by atoms with Gasteiger partial charge in [-0.3, -0.25) is 4.79 Å². The van der Waals surface area contributed by atoms with Gasteiger partial charge in [-0.05, 0) is 73.8 Å². The van der Waals surface area contributed by atoms with E-state index >= 15 is 0 Å². The molecule has 2 aromatic rings. The minimum absolute atomic E-state index is 0.0599. The van der Waals surface area contributed by atoms with Crippen LogP contribution in [0.25, 0.3) is 0 Å². The number of benzene rings is 1. The Morgan fingerprint density at radius 3 is 2.63 bits per heavy atom. The number of rotatable bonds is 10. The van der Waals surface area contributed by atoms with Gasteiger partial charge in [-0.2, -0.15) is 0 Å². The average Bonchev–Trinajstić information content (AvgIpc) is 3.71. The summed E-state index contributed by atoms with van der Waals surface area (Å²) in [4.78, 5) is 25.3. The van der Waals surface area contributed by atoms with Gasteiger partial charge in [0, 0.05) is 46.0 Å². The zero-order chi connectivity index (χ0) is 26.5. The van der Waals surface area contributed by atoms with Gasteiger partial charge in [-0.15, -0.1) is 0 Å². The fraction of sp³-hybridized carbons (Fsp3) is 0.621. The quantitative estimate of drug-likeness (QED) is 0.418. The number of amides is 1. The molecule has 1 amide bonds. The van der Waals surface area contributed by atoms with Gasteiger partial charge in [0.05, 0.1) is 30.4 Å². The van der Waals surface area contributed by atoms with Crippen LogP contribution in [-0.2, 0) is 16.0 Å². The number of piperidine rings is 1. The van der Waals surface area contributed by atoms with Crippen LogP contribution in [0.4, 0.5) is 10.3 Å². The average molecular weight is 545 g/mol. The van der Waals surface area contributed by atoms with E-state index in [0.29, 0.717) is 41.3 Å². The molecule has 206 valence electrons. The van der Waals surface area contributed by atoms with Crippen molar-refractivity contribution in [1.82, 2.24) is 14.9 Å². The van der Waals surface area contributed by atoms with Crippen LogP contribution in [0.2, 0.25) is 5.02 Å². The third-order valence-corrected chi connectivity index (χ3v) is 8.63. The summed E-state index contributed by atoms with van der Waals surface area (Å²) in [7, 11) is 1.80. The second kappa shape index (κ2) is 12.6. The molecule has 3 heterocycles. The van der Waals surface area contributed by atoms with Crippen molar-refractivity contribution in [3.63, 3.8) is 0 Å². The van der Waals surface area contributed by atoms with Gasteiger partial charge in [0.2, 0.25) is 11.9 Å². The van der Waals surface area contributed by atoms with Crippen molar-refractivity contribution < 1.29 is 18.7 Å². The van der Waals surface area contributed by atoms with E-state index in [1.807, 2.05) is 0 Å². The maximum atomic E-state index is 14.7. The molecule has 1 aromatic heterocycles. The number of halogens is 2. The van der Waals surface area contributed by atoms with Crippen molar-refractivity contribution in [2.75, 3.05) is 51.4 Å². The molecule has 0 radical (unpaired) electrons. The predicted molar refractivity (Wildman–Crippen MR) is 145 cm³/mol. The summed E-state index contributed by atoms with van der Waals surface area (Å²) >= 11 is 5.90. The zero-order valence-electron chi connectivity index (χ0n) is 22.2. The Hall–Kier alpha value is -2.45. The molecule has 2 atom stereocenters. The molecular formula is C29H38ClFN4O3. The number of carbonyl (C=O) groups excluding carboxylic acids is 1. The van der Waals surface area contributed by atoms with Crippen molar-refractivity contribution in [2.45, 2.75) is 44.9 Å². The van der Waals surface area contributed by atoms with Crippen molar-refractivity contribution in [2.24, 2.45) is 23.7 Å². The fourth-order valence-corrected chi connectivity index (χ4v) is 6.08. The van der Waals surface area contributed by atoms with Gasteiger partial charge < -0.3 is 19.3 Å². The summed E-state index contributed by atoms with van der Waals surface area (Å²) in [5.41, 5.74) is 0.416. The van der Waals surface area contributed by atoms with E-state index in [4.69, 9.17) is 21.1 Å². The first kappa shape index (κ1) is 27.1. The van der Waals surface area contributed by atoms with Gasteiger partial charge in [0.15, 0.2) is 0 Å². The standard InChI is InChI=1S/C29H38ClFN4O3/c1-34(19-20-6-11-37-12-7-20)28(36)15-23-2-3-25(16-27(23)31)38-13-8-22-14-26(22)21-4-9-35(10-5-21)29-32-17-24(30)18-33-29/h2-3,16-18,20-22,26H,4-15,19H2,1H3/t22-,26-/m1/s1. The number of carbonyl (C=O) groups is 1. The first-order valence-electron chi connectivity index (χ1n) is 13.9. The Labute approximate surface area is 229 Å². The van der Waals surface area contributed by atoms with E-state index in [0.717, 1.165) is 76.2 Å².